The lowest BCUT2D eigenvalue weighted by Crippen LogP contribution is -2.26. The second-order valence-corrected chi connectivity index (χ2v) is 8.82. The van der Waals surface area contributed by atoms with Crippen LogP contribution in [0, 0.1) is 5.92 Å². The number of furan rings is 1. The van der Waals surface area contributed by atoms with Gasteiger partial charge in [-0.05, 0) is 42.7 Å². The highest BCUT2D eigenvalue weighted by Gasteiger charge is 2.36. The highest BCUT2D eigenvalue weighted by atomic mass is 35.5. The zero-order valence-corrected chi connectivity index (χ0v) is 15.1. The first-order valence-corrected chi connectivity index (χ1v) is 9.48. The van der Waals surface area contributed by atoms with Crippen LogP contribution < -0.4 is 0 Å². The Hall–Kier alpha value is -1.01. The molecular weight excluding hydrogens is 357 g/mol. The molecule has 1 aliphatic carbocycles. The van der Waals surface area contributed by atoms with E-state index >= 15 is 0 Å². The van der Waals surface area contributed by atoms with Gasteiger partial charge in [0.25, 0.3) is 0 Å². The van der Waals surface area contributed by atoms with E-state index in [9.17, 15) is 8.42 Å². The van der Waals surface area contributed by atoms with Crippen LogP contribution in [0.25, 0.3) is 0 Å². The molecule has 1 fully saturated rings. The van der Waals surface area contributed by atoms with E-state index in [0.717, 1.165) is 12.2 Å². The number of hydrogen-bond donors (Lipinski definition) is 0. The lowest BCUT2D eigenvalue weighted by molar-refractivity contribution is 0.390. The fraction of sp³-hybridized carbons (Fsp3) is 0.375. The summed E-state index contributed by atoms with van der Waals surface area (Å²) in [5, 5.41) is 0.470. The SMILES string of the molecule is CC1CC1c1ccc(CN(C)S(=O)(=O)c2cc(Cl)ccc2Cl)o1. The van der Waals surface area contributed by atoms with Gasteiger partial charge in [0.15, 0.2) is 0 Å². The first-order chi connectivity index (χ1) is 10.8. The molecule has 0 saturated heterocycles. The molecule has 23 heavy (non-hydrogen) atoms. The van der Waals surface area contributed by atoms with Crippen LogP contribution in [0.4, 0.5) is 0 Å². The van der Waals surface area contributed by atoms with Crippen molar-refractivity contribution < 1.29 is 12.8 Å². The summed E-state index contributed by atoms with van der Waals surface area (Å²) in [4.78, 5) is -0.00300. The molecule has 1 aromatic heterocycles. The van der Waals surface area contributed by atoms with Crippen molar-refractivity contribution in [2.24, 2.45) is 5.92 Å². The van der Waals surface area contributed by atoms with Crippen LogP contribution in [0.1, 0.15) is 30.8 Å². The molecule has 1 heterocycles. The van der Waals surface area contributed by atoms with Crippen molar-refractivity contribution in [3.63, 3.8) is 0 Å². The zero-order valence-electron chi connectivity index (χ0n) is 12.8. The molecular formula is C16H17Cl2NO3S. The molecule has 1 aromatic carbocycles. The maximum atomic E-state index is 12.7. The van der Waals surface area contributed by atoms with Crippen molar-refractivity contribution in [1.29, 1.82) is 0 Å². The van der Waals surface area contributed by atoms with Crippen LogP contribution in [-0.2, 0) is 16.6 Å². The van der Waals surface area contributed by atoms with Crippen LogP contribution in [0.15, 0.2) is 39.6 Å². The number of halogens is 2. The standard InChI is InChI=1S/C16H17Cl2NO3S/c1-10-7-13(10)15-6-4-12(22-15)9-19(2)23(20,21)16-8-11(17)3-5-14(16)18/h3-6,8,10,13H,7,9H2,1-2H3. The Labute approximate surface area is 146 Å². The molecule has 2 unspecified atom stereocenters. The van der Waals surface area contributed by atoms with Gasteiger partial charge >= 0.3 is 0 Å². The van der Waals surface area contributed by atoms with Gasteiger partial charge in [0.05, 0.1) is 11.6 Å². The first kappa shape index (κ1) is 16.8. The van der Waals surface area contributed by atoms with E-state index < -0.39 is 10.0 Å². The number of sulfonamides is 1. The topological polar surface area (TPSA) is 50.5 Å². The summed E-state index contributed by atoms with van der Waals surface area (Å²) in [6.07, 6.45) is 1.12. The maximum Gasteiger partial charge on any atom is 0.244 e. The second-order valence-electron chi connectivity index (χ2n) is 5.96. The third kappa shape index (κ3) is 3.43. The van der Waals surface area contributed by atoms with Gasteiger partial charge in [-0.3, -0.25) is 0 Å². The highest BCUT2D eigenvalue weighted by molar-refractivity contribution is 7.89. The van der Waals surface area contributed by atoms with Crippen molar-refractivity contribution >= 4 is 33.2 Å². The Morgan fingerprint density at radius 1 is 1.26 bits per heavy atom. The average Bonchev–Trinajstić information content (AvgIpc) is 3.04. The van der Waals surface area contributed by atoms with Crippen LogP contribution in [0.5, 0.6) is 0 Å². The van der Waals surface area contributed by atoms with Gasteiger partial charge in [0, 0.05) is 18.0 Å². The van der Waals surface area contributed by atoms with Gasteiger partial charge in [0.2, 0.25) is 10.0 Å². The molecule has 0 amide bonds. The molecule has 4 nitrogen and oxygen atoms in total. The van der Waals surface area contributed by atoms with E-state index in [1.807, 2.05) is 12.1 Å². The van der Waals surface area contributed by atoms with Crippen molar-refractivity contribution in [2.75, 3.05) is 7.05 Å². The van der Waals surface area contributed by atoms with Gasteiger partial charge in [-0.15, -0.1) is 0 Å². The molecule has 0 N–H and O–H groups in total. The van der Waals surface area contributed by atoms with E-state index in [4.69, 9.17) is 27.6 Å². The molecule has 2 aromatic rings. The third-order valence-electron chi connectivity index (χ3n) is 4.12. The van der Waals surface area contributed by atoms with Crippen molar-refractivity contribution in [2.45, 2.75) is 30.7 Å². The van der Waals surface area contributed by atoms with Gasteiger partial charge in [-0.25, -0.2) is 8.42 Å². The van der Waals surface area contributed by atoms with E-state index in [-0.39, 0.29) is 16.5 Å². The highest BCUT2D eigenvalue weighted by Crippen LogP contribution is 2.47. The Balaban J connectivity index is 1.80. The van der Waals surface area contributed by atoms with Crippen molar-refractivity contribution in [1.82, 2.24) is 4.31 Å². The molecule has 3 rings (SSSR count). The normalized spacial score (nSPS) is 20.9. The van der Waals surface area contributed by atoms with Gasteiger partial charge < -0.3 is 4.42 Å². The molecule has 0 bridgehead atoms. The van der Waals surface area contributed by atoms with E-state index in [1.54, 1.807) is 6.07 Å². The van der Waals surface area contributed by atoms with E-state index in [1.165, 1.54) is 23.5 Å². The largest absolute Gasteiger partial charge is 0.464 e. The molecule has 124 valence electrons. The monoisotopic (exact) mass is 373 g/mol. The van der Waals surface area contributed by atoms with Crippen molar-refractivity contribution in [3.05, 3.63) is 51.9 Å². The number of hydrogen-bond acceptors (Lipinski definition) is 3. The summed E-state index contributed by atoms with van der Waals surface area (Å²) in [6, 6.07) is 8.14. The van der Waals surface area contributed by atoms with Crippen LogP contribution in [-0.4, -0.2) is 19.8 Å². The van der Waals surface area contributed by atoms with E-state index in [0.29, 0.717) is 22.6 Å². The van der Waals surface area contributed by atoms with E-state index in [2.05, 4.69) is 6.92 Å². The summed E-state index contributed by atoms with van der Waals surface area (Å²) in [6.45, 7) is 2.32. The average molecular weight is 374 g/mol. The second kappa shape index (κ2) is 6.13. The lowest BCUT2D eigenvalue weighted by atomic mass is 10.3. The van der Waals surface area contributed by atoms with Gasteiger partial charge in [-0.2, -0.15) is 4.31 Å². The number of benzene rings is 1. The van der Waals surface area contributed by atoms with Gasteiger partial charge in [-0.1, -0.05) is 30.1 Å². The summed E-state index contributed by atoms with van der Waals surface area (Å²) in [7, 11) is -2.24. The minimum absolute atomic E-state index is 0.00300. The van der Waals surface area contributed by atoms with Crippen LogP contribution in [0.2, 0.25) is 10.0 Å². The fourth-order valence-corrected chi connectivity index (χ4v) is 4.41. The zero-order chi connectivity index (χ0) is 16.8. The molecule has 0 aliphatic heterocycles. The predicted molar refractivity (Wildman–Crippen MR) is 90.3 cm³/mol. The number of rotatable bonds is 5. The third-order valence-corrected chi connectivity index (χ3v) is 6.64. The maximum absolute atomic E-state index is 12.7. The smallest absolute Gasteiger partial charge is 0.244 e. The minimum Gasteiger partial charge on any atom is -0.464 e. The Kier molecular flexibility index (Phi) is 4.49. The Morgan fingerprint density at radius 3 is 2.61 bits per heavy atom. The summed E-state index contributed by atoms with van der Waals surface area (Å²) < 4.78 is 32.3. The molecule has 0 radical (unpaired) electrons. The minimum atomic E-state index is -3.74. The molecule has 1 aliphatic rings. The fourth-order valence-electron chi connectivity index (χ4n) is 2.54. The van der Waals surface area contributed by atoms with Crippen LogP contribution >= 0.6 is 23.2 Å². The van der Waals surface area contributed by atoms with Gasteiger partial charge in [0.1, 0.15) is 16.4 Å². The van der Waals surface area contributed by atoms with Crippen molar-refractivity contribution in [3.8, 4) is 0 Å². The Morgan fingerprint density at radius 2 is 1.96 bits per heavy atom. The molecule has 7 heteroatoms. The molecule has 0 spiro atoms. The number of nitrogens with zero attached hydrogens (tertiary/aromatic N) is 1. The quantitative estimate of drug-likeness (QED) is 0.773. The summed E-state index contributed by atoms with van der Waals surface area (Å²) in [5.74, 6) is 2.65. The summed E-state index contributed by atoms with van der Waals surface area (Å²) in [5.41, 5.74) is 0. The summed E-state index contributed by atoms with van der Waals surface area (Å²) >= 11 is 11.9. The lowest BCUT2D eigenvalue weighted by Gasteiger charge is -2.17. The molecule has 1 saturated carbocycles. The Bertz CT molecular complexity index is 832. The first-order valence-electron chi connectivity index (χ1n) is 7.29. The predicted octanol–water partition coefficient (Wildman–Crippen LogP) is 4.53. The molecule has 2 atom stereocenters. The van der Waals surface area contributed by atoms with Crippen LogP contribution in [0.3, 0.4) is 0 Å².